The minimum atomic E-state index is 0.837. The van der Waals surface area contributed by atoms with Crippen molar-refractivity contribution in [2.24, 2.45) is 5.92 Å². The first-order valence-electron chi connectivity index (χ1n) is 10.8. The quantitative estimate of drug-likeness (QED) is 0.549. The van der Waals surface area contributed by atoms with E-state index in [4.69, 9.17) is 4.98 Å². The van der Waals surface area contributed by atoms with Crippen LogP contribution < -0.4 is 15.5 Å². The van der Waals surface area contributed by atoms with E-state index in [1.807, 2.05) is 0 Å². The lowest BCUT2D eigenvalue weighted by Crippen LogP contribution is -2.29. The molecule has 1 saturated heterocycles. The van der Waals surface area contributed by atoms with Crippen molar-refractivity contribution in [1.82, 2.24) is 10.3 Å². The first-order chi connectivity index (χ1) is 14.2. The molecule has 1 unspecified atom stereocenters. The van der Waals surface area contributed by atoms with Gasteiger partial charge in [-0.2, -0.15) is 0 Å². The second kappa shape index (κ2) is 9.27. The van der Waals surface area contributed by atoms with Crippen LogP contribution in [0, 0.1) is 5.92 Å². The molecule has 4 nitrogen and oxygen atoms in total. The van der Waals surface area contributed by atoms with Gasteiger partial charge in [-0.3, -0.25) is 0 Å². The van der Waals surface area contributed by atoms with E-state index >= 15 is 0 Å². The van der Waals surface area contributed by atoms with Crippen molar-refractivity contribution < 1.29 is 0 Å². The topological polar surface area (TPSA) is 40.2 Å². The largest absolute Gasteiger partial charge is 0.384 e. The molecule has 0 radical (unpaired) electrons. The molecular weight excluding hydrogens is 356 g/mol. The molecular formula is C25H32N4. The second-order valence-electron chi connectivity index (χ2n) is 8.30. The van der Waals surface area contributed by atoms with Gasteiger partial charge in [0.2, 0.25) is 0 Å². The number of hydrogen-bond acceptors (Lipinski definition) is 4. The summed E-state index contributed by atoms with van der Waals surface area (Å²) in [6.45, 7) is 3.38. The number of piperidine rings is 1. The Balaban J connectivity index is 1.53. The fourth-order valence-corrected chi connectivity index (χ4v) is 4.20. The van der Waals surface area contributed by atoms with E-state index in [0.717, 1.165) is 29.2 Å². The lowest BCUT2D eigenvalue weighted by Gasteiger charge is -2.22. The number of para-hydroxylation sites is 1. The maximum absolute atomic E-state index is 4.94. The van der Waals surface area contributed by atoms with Crippen LogP contribution in [0.4, 0.5) is 11.4 Å². The first-order valence-corrected chi connectivity index (χ1v) is 10.8. The van der Waals surface area contributed by atoms with Gasteiger partial charge in [0.1, 0.15) is 0 Å². The summed E-state index contributed by atoms with van der Waals surface area (Å²) >= 11 is 0. The standard InChI is InChI=1S/C25H32N4/c1-29(2)21-11-5-10-20(16-21)24-17-25(22-12-3-4-13-23(22)28-24)27-15-7-9-19-8-6-14-26-18-19/h3-5,10-13,16-17,19,26H,6-9,14-15,18H2,1-2H3,(H,27,28). The normalized spacial score (nSPS) is 16.7. The van der Waals surface area contributed by atoms with Crippen LogP contribution in [0.15, 0.2) is 54.6 Å². The van der Waals surface area contributed by atoms with Gasteiger partial charge in [0.05, 0.1) is 11.2 Å². The fourth-order valence-electron chi connectivity index (χ4n) is 4.20. The molecule has 2 heterocycles. The van der Waals surface area contributed by atoms with E-state index in [-0.39, 0.29) is 0 Å². The number of hydrogen-bond donors (Lipinski definition) is 2. The molecule has 0 aliphatic carbocycles. The van der Waals surface area contributed by atoms with Crippen LogP contribution in [-0.2, 0) is 0 Å². The smallest absolute Gasteiger partial charge is 0.0731 e. The second-order valence-corrected chi connectivity index (χ2v) is 8.30. The van der Waals surface area contributed by atoms with Crippen molar-refractivity contribution >= 4 is 22.3 Å². The van der Waals surface area contributed by atoms with Gasteiger partial charge in [-0.15, -0.1) is 0 Å². The highest BCUT2D eigenvalue weighted by atomic mass is 15.1. The molecule has 152 valence electrons. The van der Waals surface area contributed by atoms with Crippen molar-refractivity contribution in [1.29, 1.82) is 0 Å². The first kappa shape index (κ1) is 19.7. The van der Waals surface area contributed by atoms with Crippen molar-refractivity contribution in [2.45, 2.75) is 25.7 Å². The molecule has 0 saturated carbocycles. The number of nitrogens with one attached hydrogen (secondary N) is 2. The van der Waals surface area contributed by atoms with Crippen molar-refractivity contribution in [3.63, 3.8) is 0 Å². The molecule has 1 fully saturated rings. The minimum absolute atomic E-state index is 0.837. The van der Waals surface area contributed by atoms with Gasteiger partial charge in [0.15, 0.2) is 0 Å². The van der Waals surface area contributed by atoms with Crippen LogP contribution in [0.5, 0.6) is 0 Å². The van der Waals surface area contributed by atoms with Gasteiger partial charge in [0.25, 0.3) is 0 Å². The molecule has 2 aromatic carbocycles. The van der Waals surface area contributed by atoms with E-state index < -0.39 is 0 Å². The molecule has 3 aromatic rings. The van der Waals surface area contributed by atoms with Crippen molar-refractivity contribution in [3.05, 3.63) is 54.6 Å². The molecule has 4 heteroatoms. The Bertz CT molecular complexity index is 944. The average Bonchev–Trinajstić information content (AvgIpc) is 2.77. The van der Waals surface area contributed by atoms with Crippen LogP contribution in [0.2, 0.25) is 0 Å². The molecule has 1 aromatic heterocycles. The van der Waals surface area contributed by atoms with Crippen LogP contribution in [0.3, 0.4) is 0 Å². The maximum Gasteiger partial charge on any atom is 0.0731 e. The van der Waals surface area contributed by atoms with Gasteiger partial charge in [0, 0.05) is 43.0 Å². The van der Waals surface area contributed by atoms with E-state index in [1.165, 1.54) is 55.5 Å². The number of benzene rings is 2. The summed E-state index contributed by atoms with van der Waals surface area (Å²) < 4.78 is 0. The lowest BCUT2D eigenvalue weighted by atomic mass is 9.95. The highest BCUT2D eigenvalue weighted by Crippen LogP contribution is 2.30. The summed E-state index contributed by atoms with van der Waals surface area (Å²) in [7, 11) is 4.14. The molecule has 1 aliphatic rings. The summed E-state index contributed by atoms with van der Waals surface area (Å²) in [6, 6.07) is 19.2. The van der Waals surface area contributed by atoms with Crippen molar-refractivity contribution in [2.75, 3.05) is 43.9 Å². The molecule has 0 bridgehead atoms. The summed E-state index contributed by atoms with van der Waals surface area (Å²) in [6.07, 6.45) is 5.19. The summed E-state index contributed by atoms with van der Waals surface area (Å²) in [5.41, 5.74) is 5.58. The number of fused-ring (bicyclic) bond motifs is 1. The summed E-state index contributed by atoms with van der Waals surface area (Å²) in [5, 5.41) is 8.42. The van der Waals surface area contributed by atoms with Crippen LogP contribution in [-0.4, -0.2) is 38.7 Å². The number of aromatic nitrogens is 1. The Hall–Kier alpha value is -2.59. The molecule has 1 atom stereocenters. The third-order valence-corrected chi connectivity index (χ3v) is 5.88. The number of anilines is 2. The van der Waals surface area contributed by atoms with E-state index in [2.05, 4.69) is 84.2 Å². The molecule has 0 amide bonds. The Kier molecular flexibility index (Phi) is 6.30. The highest BCUT2D eigenvalue weighted by Gasteiger charge is 2.13. The van der Waals surface area contributed by atoms with Crippen molar-refractivity contribution in [3.8, 4) is 11.3 Å². The fraction of sp³-hybridized carbons (Fsp3) is 0.400. The van der Waals surface area contributed by atoms with E-state index in [1.54, 1.807) is 0 Å². The molecule has 2 N–H and O–H groups in total. The Morgan fingerprint density at radius 2 is 2.00 bits per heavy atom. The Labute approximate surface area is 174 Å². The Morgan fingerprint density at radius 1 is 1.10 bits per heavy atom. The van der Waals surface area contributed by atoms with Gasteiger partial charge >= 0.3 is 0 Å². The van der Waals surface area contributed by atoms with Crippen LogP contribution in [0.25, 0.3) is 22.2 Å². The van der Waals surface area contributed by atoms with Crippen LogP contribution in [0.1, 0.15) is 25.7 Å². The zero-order chi connectivity index (χ0) is 20.1. The average molecular weight is 389 g/mol. The zero-order valence-electron chi connectivity index (χ0n) is 17.6. The zero-order valence-corrected chi connectivity index (χ0v) is 17.6. The maximum atomic E-state index is 4.94. The molecule has 0 spiro atoms. The van der Waals surface area contributed by atoms with Gasteiger partial charge < -0.3 is 15.5 Å². The SMILES string of the molecule is CN(C)c1cccc(-c2cc(NCCCC3CCCNC3)c3ccccc3n2)c1. The van der Waals surface area contributed by atoms with E-state index in [9.17, 15) is 0 Å². The van der Waals surface area contributed by atoms with Crippen LogP contribution >= 0.6 is 0 Å². The van der Waals surface area contributed by atoms with Gasteiger partial charge in [-0.05, 0) is 69.0 Å². The molecule has 4 rings (SSSR count). The summed E-state index contributed by atoms with van der Waals surface area (Å²) in [5.74, 6) is 0.837. The number of rotatable bonds is 7. The summed E-state index contributed by atoms with van der Waals surface area (Å²) in [4.78, 5) is 7.07. The predicted octanol–water partition coefficient (Wildman–Crippen LogP) is 5.16. The predicted molar refractivity (Wildman–Crippen MR) is 125 cm³/mol. The lowest BCUT2D eigenvalue weighted by molar-refractivity contribution is 0.353. The number of pyridine rings is 1. The third-order valence-electron chi connectivity index (χ3n) is 5.88. The molecule has 29 heavy (non-hydrogen) atoms. The number of nitrogens with zero attached hydrogens (tertiary/aromatic N) is 2. The minimum Gasteiger partial charge on any atom is -0.384 e. The van der Waals surface area contributed by atoms with Gasteiger partial charge in [-0.1, -0.05) is 30.3 Å². The third kappa shape index (κ3) is 4.88. The Morgan fingerprint density at radius 3 is 2.83 bits per heavy atom. The van der Waals surface area contributed by atoms with Gasteiger partial charge in [-0.25, -0.2) is 4.98 Å². The molecule has 1 aliphatic heterocycles. The monoisotopic (exact) mass is 388 g/mol. The highest BCUT2D eigenvalue weighted by molar-refractivity contribution is 5.93. The van der Waals surface area contributed by atoms with E-state index in [0.29, 0.717) is 0 Å².